The molecule has 2 atom stereocenters. The summed E-state index contributed by atoms with van der Waals surface area (Å²) >= 11 is 6.11. The SMILES string of the molecule is CC(OC(=O)c1ccc(Cl)c(S(=O)(=O)NCC2CCCO2)c1)c1nnc(-c2ccccc2)o1. The molecule has 174 valence electrons. The summed E-state index contributed by atoms with van der Waals surface area (Å²) in [7, 11) is -3.95. The summed E-state index contributed by atoms with van der Waals surface area (Å²) < 4.78 is 44.4. The van der Waals surface area contributed by atoms with Crippen molar-refractivity contribution in [2.24, 2.45) is 0 Å². The van der Waals surface area contributed by atoms with Crippen molar-refractivity contribution in [1.82, 2.24) is 14.9 Å². The lowest BCUT2D eigenvalue weighted by Crippen LogP contribution is -2.32. The highest BCUT2D eigenvalue weighted by molar-refractivity contribution is 7.89. The molecular weight excluding hydrogens is 470 g/mol. The number of carbonyl (C=O) groups is 1. The fourth-order valence-electron chi connectivity index (χ4n) is 3.30. The Balaban J connectivity index is 1.45. The van der Waals surface area contributed by atoms with Crippen molar-refractivity contribution in [2.75, 3.05) is 13.2 Å². The molecular formula is C22H22ClN3O6S. The number of hydrogen-bond acceptors (Lipinski definition) is 8. The van der Waals surface area contributed by atoms with Crippen LogP contribution in [0.15, 0.2) is 57.8 Å². The number of sulfonamides is 1. The van der Waals surface area contributed by atoms with Gasteiger partial charge in [0, 0.05) is 18.7 Å². The van der Waals surface area contributed by atoms with E-state index in [-0.39, 0.29) is 34.0 Å². The van der Waals surface area contributed by atoms with E-state index in [9.17, 15) is 13.2 Å². The molecule has 2 heterocycles. The first-order valence-electron chi connectivity index (χ1n) is 10.3. The van der Waals surface area contributed by atoms with Crippen molar-refractivity contribution in [3.63, 3.8) is 0 Å². The van der Waals surface area contributed by atoms with E-state index in [0.29, 0.717) is 12.5 Å². The Morgan fingerprint density at radius 3 is 2.76 bits per heavy atom. The second kappa shape index (κ2) is 10.0. The third-order valence-electron chi connectivity index (χ3n) is 5.07. The lowest BCUT2D eigenvalue weighted by Gasteiger charge is -2.14. The number of rotatable bonds is 8. The Morgan fingerprint density at radius 1 is 1.24 bits per heavy atom. The number of ether oxygens (including phenoxy) is 2. The lowest BCUT2D eigenvalue weighted by molar-refractivity contribution is 0.0279. The predicted molar refractivity (Wildman–Crippen MR) is 119 cm³/mol. The average molecular weight is 492 g/mol. The van der Waals surface area contributed by atoms with Crippen LogP contribution in [-0.4, -0.2) is 43.8 Å². The maximum atomic E-state index is 12.7. The normalized spacial score (nSPS) is 17.1. The summed E-state index contributed by atoms with van der Waals surface area (Å²) in [5.41, 5.74) is 0.754. The van der Waals surface area contributed by atoms with Gasteiger partial charge in [-0.3, -0.25) is 0 Å². The quantitative estimate of drug-likeness (QED) is 0.473. The first kappa shape index (κ1) is 23.4. The van der Waals surface area contributed by atoms with E-state index < -0.39 is 22.1 Å². The van der Waals surface area contributed by atoms with Crippen molar-refractivity contribution >= 4 is 27.6 Å². The van der Waals surface area contributed by atoms with E-state index >= 15 is 0 Å². The zero-order chi connectivity index (χ0) is 23.4. The predicted octanol–water partition coefficient (Wildman–Crippen LogP) is 3.77. The van der Waals surface area contributed by atoms with Crippen LogP contribution in [0.3, 0.4) is 0 Å². The maximum Gasteiger partial charge on any atom is 0.338 e. The Labute approximate surface area is 196 Å². The highest BCUT2D eigenvalue weighted by Gasteiger charge is 2.25. The summed E-state index contributed by atoms with van der Waals surface area (Å²) in [4.78, 5) is 12.5. The van der Waals surface area contributed by atoms with E-state index in [4.69, 9.17) is 25.5 Å². The van der Waals surface area contributed by atoms with Crippen LogP contribution in [-0.2, 0) is 19.5 Å². The minimum absolute atomic E-state index is 0.0103. The molecule has 33 heavy (non-hydrogen) atoms. The number of benzene rings is 2. The second-order valence-electron chi connectivity index (χ2n) is 7.49. The summed E-state index contributed by atoms with van der Waals surface area (Å²) in [6, 6.07) is 13.1. The molecule has 2 aromatic carbocycles. The van der Waals surface area contributed by atoms with Crippen LogP contribution in [0.25, 0.3) is 11.5 Å². The summed E-state index contributed by atoms with van der Waals surface area (Å²) in [5, 5.41) is 7.90. The van der Waals surface area contributed by atoms with Gasteiger partial charge in [-0.1, -0.05) is 29.8 Å². The fraction of sp³-hybridized carbons (Fsp3) is 0.318. The molecule has 1 aliphatic rings. The highest BCUT2D eigenvalue weighted by Crippen LogP contribution is 2.26. The molecule has 4 rings (SSSR count). The number of aromatic nitrogens is 2. The van der Waals surface area contributed by atoms with Crippen molar-refractivity contribution < 1.29 is 27.1 Å². The molecule has 0 spiro atoms. The van der Waals surface area contributed by atoms with Crippen LogP contribution in [0.5, 0.6) is 0 Å². The van der Waals surface area contributed by atoms with E-state index in [0.717, 1.165) is 18.4 Å². The molecule has 0 bridgehead atoms. The van der Waals surface area contributed by atoms with E-state index in [2.05, 4.69) is 14.9 Å². The number of nitrogens with zero attached hydrogens (tertiary/aromatic N) is 2. The molecule has 11 heteroatoms. The molecule has 1 aliphatic heterocycles. The molecule has 1 saturated heterocycles. The van der Waals surface area contributed by atoms with Gasteiger partial charge < -0.3 is 13.9 Å². The van der Waals surface area contributed by atoms with Gasteiger partial charge in [-0.05, 0) is 50.1 Å². The molecule has 1 fully saturated rings. The van der Waals surface area contributed by atoms with E-state index in [1.165, 1.54) is 18.2 Å². The Bertz CT molecular complexity index is 1230. The van der Waals surface area contributed by atoms with Crippen LogP contribution in [0.2, 0.25) is 5.02 Å². The topological polar surface area (TPSA) is 121 Å². The summed E-state index contributed by atoms with van der Waals surface area (Å²) in [6.45, 7) is 2.32. The van der Waals surface area contributed by atoms with Gasteiger partial charge in [0.25, 0.3) is 5.89 Å². The molecule has 2 unspecified atom stereocenters. The largest absolute Gasteiger partial charge is 0.449 e. The zero-order valence-corrected chi connectivity index (χ0v) is 19.3. The average Bonchev–Trinajstić information content (AvgIpc) is 3.51. The van der Waals surface area contributed by atoms with Crippen molar-refractivity contribution in [3.05, 3.63) is 65.0 Å². The van der Waals surface area contributed by atoms with Gasteiger partial charge in [0.15, 0.2) is 6.10 Å². The molecule has 0 aliphatic carbocycles. The minimum Gasteiger partial charge on any atom is -0.449 e. The van der Waals surface area contributed by atoms with Gasteiger partial charge in [-0.2, -0.15) is 0 Å². The molecule has 3 aromatic rings. The van der Waals surface area contributed by atoms with Gasteiger partial charge in [-0.25, -0.2) is 17.9 Å². The fourth-order valence-corrected chi connectivity index (χ4v) is 4.89. The van der Waals surface area contributed by atoms with Gasteiger partial charge in [0.1, 0.15) is 4.90 Å². The Hall–Kier alpha value is -2.79. The Kier molecular flexibility index (Phi) is 7.08. The molecule has 1 N–H and O–H groups in total. The van der Waals surface area contributed by atoms with E-state index in [1.54, 1.807) is 6.92 Å². The van der Waals surface area contributed by atoms with Crippen LogP contribution >= 0.6 is 11.6 Å². The maximum absolute atomic E-state index is 12.7. The summed E-state index contributed by atoms with van der Waals surface area (Å²) in [5.74, 6) is -0.345. The van der Waals surface area contributed by atoms with Crippen LogP contribution in [0, 0.1) is 0 Å². The minimum atomic E-state index is -3.95. The van der Waals surface area contributed by atoms with Gasteiger partial charge in [0.2, 0.25) is 15.9 Å². The summed E-state index contributed by atoms with van der Waals surface area (Å²) in [6.07, 6.45) is 0.639. The molecule has 0 saturated carbocycles. The second-order valence-corrected chi connectivity index (χ2v) is 9.63. The number of hydrogen-bond donors (Lipinski definition) is 1. The number of esters is 1. The highest BCUT2D eigenvalue weighted by atomic mass is 35.5. The first-order chi connectivity index (χ1) is 15.8. The van der Waals surface area contributed by atoms with E-state index in [1.807, 2.05) is 30.3 Å². The van der Waals surface area contributed by atoms with Crippen LogP contribution < -0.4 is 4.72 Å². The monoisotopic (exact) mass is 491 g/mol. The smallest absolute Gasteiger partial charge is 0.338 e. The van der Waals surface area contributed by atoms with Gasteiger partial charge >= 0.3 is 5.97 Å². The van der Waals surface area contributed by atoms with Crippen molar-refractivity contribution in [3.8, 4) is 11.5 Å². The number of carbonyl (C=O) groups excluding carboxylic acids is 1. The van der Waals surface area contributed by atoms with Gasteiger partial charge in [-0.15, -0.1) is 10.2 Å². The first-order valence-corrected chi connectivity index (χ1v) is 12.2. The molecule has 0 amide bonds. The number of nitrogens with one attached hydrogen (secondary N) is 1. The third kappa shape index (κ3) is 5.59. The van der Waals surface area contributed by atoms with Crippen LogP contribution in [0.1, 0.15) is 42.1 Å². The number of halogens is 1. The van der Waals surface area contributed by atoms with Gasteiger partial charge in [0.05, 0.1) is 16.7 Å². The molecule has 1 aromatic heterocycles. The Morgan fingerprint density at radius 2 is 2.03 bits per heavy atom. The third-order valence-corrected chi connectivity index (χ3v) is 6.98. The lowest BCUT2D eigenvalue weighted by atomic mass is 10.2. The standard InChI is InChI=1S/C22H22ClN3O6S/c1-14(20-25-26-21(32-20)15-6-3-2-4-7-15)31-22(27)16-9-10-18(23)19(12-16)33(28,29)24-13-17-8-5-11-30-17/h2-4,6-7,9-10,12,14,17,24H,5,8,11,13H2,1H3. The van der Waals surface area contributed by atoms with Crippen molar-refractivity contribution in [1.29, 1.82) is 0 Å². The van der Waals surface area contributed by atoms with Crippen LogP contribution in [0.4, 0.5) is 0 Å². The van der Waals surface area contributed by atoms with Crippen molar-refractivity contribution in [2.45, 2.75) is 36.9 Å². The molecule has 9 nitrogen and oxygen atoms in total. The zero-order valence-electron chi connectivity index (χ0n) is 17.7. The molecule has 0 radical (unpaired) electrons.